The second-order valence-corrected chi connectivity index (χ2v) is 13.4. The molecule has 10 nitrogen and oxygen atoms in total. The van der Waals surface area contributed by atoms with Crippen molar-refractivity contribution in [2.24, 2.45) is 0 Å². The molecule has 3 aromatic carbocycles. The van der Waals surface area contributed by atoms with Crippen LogP contribution in [0.2, 0.25) is 0 Å². The average molecular weight is 641 g/mol. The first kappa shape index (κ1) is 30.3. The monoisotopic (exact) mass is 640 g/mol. The molecule has 8 rings (SSSR count). The summed E-state index contributed by atoms with van der Waals surface area (Å²) in [5.74, 6) is 0.425. The van der Waals surface area contributed by atoms with Crippen molar-refractivity contribution in [3.8, 4) is 22.9 Å². The Balaban J connectivity index is 1.15. The lowest BCUT2D eigenvalue weighted by Gasteiger charge is -2.42. The van der Waals surface area contributed by atoms with Gasteiger partial charge in [0, 0.05) is 55.3 Å². The van der Waals surface area contributed by atoms with Crippen LogP contribution in [0.4, 0.5) is 10.2 Å². The lowest BCUT2D eigenvalue weighted by atomic mass is 9.96. The summed E-state index contributed by atoms with van der Waals surface area (Å²) in [6, 6.07) is 15.4. The first-order valence-corrected chi connectivity index (χ1v) is 16.8. The molecule has 0 aliphatic carbocycles. The third kappa shape index (κ3) is 5.74. The Morgan fingerprint density at radius 3 is 2.53 bits per heavy atom. The number of halogens is 1. The smallest absolute Gasteiger partial charge is 0.319 e. The van der Waals surface area contributed by atoms with E-state index in [1.165, 1.54) is 0 Å². The maximum Gasteiger partial charge on any atom is 0.319 e. The number of ether oxygens (including phenoxy) is 2. The van der Waals surface area contributed by atoms with E-state index in [0.29, 0.717) is 74.9 Å². The van der Waals surface area contributed by atoms with Gasteiger partial charge in [0.1, 0.15) is 23.7 Å². The summed E-state index contributed by atoms with van der Waals surface area (Å²) in [4.78, 5) is 31.6. The summed E-state index contributed by atoms with van der Waals surface area (Å²) in [6.07, 6.45) is 4.15. The number of piperazine rings is 1. The fourth-order valence-electron chi connectivity index (χ4n) is 8.01. The number of aromatic nitrogens is 2. The zero-order chi connectivity index (χ0) is 32.1. The maximum absolute atomic E-state index is 16.8. The largest absolute Gasteiger partial charge is 0.508 e. The van der Waals surface area contributed by atoms with Crippen LogP contribution in [0.5, 0.6) is 11.8 Å². The Morgan fingerprint density at radius 1 is 0.979 bits per heavy atom. The highest BCUT2D eigenvalue weighted by molar-refractivity contribution is 6.01. The molecular formula is C36H41FN6O4. The zero-order valence-corrected chi connectivity index (χ0v) is 26.8. The van der Waals surface area contributed by atoms with Gasteiger partial charge in [0.05, 0.1) is 19.8 Å². The van der Waals surface area contributed by atoms with Crippen LogP contribution in [-0.2, 0) is 9.53 Å². The van der Waals surface area contributed by atoms with Gasteiger partial charge in [-0.1, -0.05) is 30.3 Å². The summed E-state index contributed by atoms with van der Waals surface area (Å²) in [5.41, 5.74) is 1.17. The predicted molar refractivity (Wildman–Crippen MR) is 178 cm³/mol. The number of benzene rings is 3. The van der Waals surface area contributed by atoms with Crippen molar-refractivity contribution in [3.63, 3.8) is 0 Å². The van der Waals surface area contributed by atoms with Gasteiger partial charge in [-0.3, -0.25) is 9.69 Å². The number of hydrogen-bond donors (Lipinski definition) is 1. The van der Waals surface area contributed by atoms with Crippen LogP contribution in [-0.4, -0.2) is 120 Å². The van der Waals surface area contributed by atoms with Crippen molar-refractivity contribution < 1.29 is 23.8 Å². The number of phenolic OH excluding ortho intramolecular Hbond substituents is 1. The lowest BCUT2D eigenvalue weighted by Crippen LogP contribution is -2.57. The number of aromatic hydroxyl groups is 1. The number of amides is 1. The Hall–Kier alpha value is -4.06. The van der Waals surface area contributed by atoms with E-state index >= 15 is 4.39 Å². The van der Waals surface area contributed by atoms with Crippen LogP contribution in [0, 0.1) is 5.82 Å². The van der Waals surface area contributed by atoms with Gasteiger partial charge in [0.2, 0.25) is 5.91 Å². The average Bonchev–Trinajstić information content (AvgIpc) is 3.59. The summed E-state index contributed by atoms with van der Waals surface area (Å²) in [5, 5.41) is 12.8. The molecule has 0 radical (unpaired) electrons. The van der Waals surface area contributed by atoms with Crippen molar-refractivity contribution in [2.45, 2.75) is 43.8 Å². The van der Waals surface area contributed by atoms with Crippen LogP contribution in [0.25, 0.3) is 32.8 Å². The Morgan fingerprint density at radius 2 is 1.77 bits per heavy atom. The molecule has 2 bridgehead atoms. The Labute approximate surface area is 273 Å². The summed E-state index contributed by atoms with van der Waals surface area (Å²) < 4.78 is 28.5. The van der Waals surface area contributed by atoms with Crippen LogP contribution in [0.15, 0.2) is 48.5 Å². The number of nitrogens with zero attached hydrogens (tertiary/aromatic N) is 6. The van der Waals surface area contributed by atoms with E-state index in [-0.39, 0.29) is 41.3 Å². The summed E-state index contributed by atoms with van der Waals surface area (Å²) in [7, 11) is 2.10. The van der Waals surface area contributed by atoms with Crippen LogP contribution in [0.1, 0.15) is 25.7 Å². The van der Waals surface area contributed by atoms with E-state index in [2.05, 4.69) is 26.7 Å². The molecule has 4 aliphatic rings. The minimum Gasteiger partial charge on any atom is -0.508 e. The van der Waals surface area contributed by atoms with Crippen LogP contribution >= 0.6 is 0 Å². The molecule has 0 spiro atoms. The summed E-state index contributed by atoms with van der Waals surface area (Å²) in [6.45, 7) is 5.71. The molecule has 4 fully saturated rings. The van der Waals surface area contributed by atoms with E-state index in [1.807, 2.05) is 35.2 Å². The highest BCUT2D eigenvalue weighted by atomic mass is 19.1. The quantitative estimate of drug-likeness (QED) is 0.318. The minimum absolute atomic E-state index is 0.0757. The van der Waals surface area contributed by atoms with Crippen molar-refractivity contribution in [1.29, 1.82) is 0 Å². The highest BCUT2D eigenvalue weighted by Gasteiger charge is 2.42. The van der Waals surface area contributed by atoms with E-state index in [9.17, 15) is 9.90 Å². The molecule has 11 heteroatoms. The SMILES string of the molecule is CN1CCCC1COc1nc(N2CC3CCC(C2)N3CC(=O)N2CCOCC2)c2ccc(-c3cc(O)cc4ccccc34)c(F)c2n1. The molecule has 47 heavy (non-hydrogen) atoms. The molecule has 1 amide bonds. The molecule has 1 aromatic heterocycles. The van der Waals surface area contributed by atoms with Crippen molar-refractivity contribution >= 4 is 33.4 Å². The number of hydrogen-bond acceptors (Lipinski definition) is 9. The normalized spacial score (nSPS) is 23.7. The molecule has 4 aliphatic heterocycles. The number of rotatable bonds is 7. The van der Waals surface area contributed by atoms with Gasteiger partial charge in [-0.15, -0.1) is 0 Å². The first-order chi connectivity index (χ1) is 22.9. The van der Waals surface area contributed by atoms with E-state index in [4.69, 9.17) is 14.5 Å². The van der Waals surface area contributed by atoms with Crippen molar-refractivity contribution in [3.05, 3.63) is 54.3 Å². The van der Waals surface area contributed by atoms with E-state index in [0.717, 1.165) is 43.0 Å². The summed E-state index contributed by atoms with van der Waals surface area (Å²) >= 11 is 0. The van der Waals surface area contributed by atoms with Gasteiger partial charge >= 0.3 is 6.01 Å². The number of phenols is 1. The Kier molecular flexibility index (Phi) is 8.07. The zero-order valence-electron chi connectivity index (χ0n) is 26.8. The number of morpholine rings is 1. The predicted octanol–water partition coefficient (Wildman–Crippen LogP) is 4.28. The van der Waals surface area contributed by atoms with E-state index in [1.54, 1.807) is 18.2 Å². The van der Waals surface area contributed by atoms with Crippen LogP contribution < -0.4 is 9.64 Å². The molecule has 4 aromatic rings. The van der Waals surface area contributed by atoms with E-state index < -0.39 is 5.82 Å². The van der Waals surface area contributed by atoms with Gasteiger partial charge in [0.25, 0.3) is 0 Å². The van der Waals surface area contributed by atoms with Gasteiger partial charge in [0.15, 0.2) is 5.82 Å². The standard InChI is InChI=1S/C36H41FN6O4/c1-40-12-4-6-26(40)22-47-36-38-34-30(11-10-29(33(34)37)31-18-27(44)17-23-5-2-3-7-28(23)31)35(39-36)42-19-24-8-9-25(20-42)43(24)21-32(45)41-13-15-46-16-14-41/h2-3,5,7,10-11,17-18,24-26,44H,4,6,8-9,12-16,19-22H2,1H3. The molecule has 5 heterocycles. The number of carbonyl (C=O) groups is 1. The Bertz CT molecular complexity index is 1800. The third-order valence-electron chi connectivity index (χ3n) is 10.6. The molecule has 0 saturated carbocycles. The van der Waals surface area contributed by atoms with Gasteiger partial charge in [-0.05, 0) is 73.8 Å². The molecule has 4 saturated heterocycles. The first-order valence-electron chi connectivity index (χ1n) is 16.8. The number of fused-ring (bicyclic) bond motifs is 4. The topological polar surface area (TPSA) is 94.5 Å². The van der Waals surface area contributed by atoms with Crippen molar-refractivity contribution in [2.75, 3.05) is 71.0 Å². The number of anilines is 1. The van der Waals surface area contributed by atoms with Crippen molar-refractivity contribution in [1.82, 2.24) is 24.7 Å². The molecule has 1 N–H and O–H groups in total. The van der Waals surface area contributed by atoms with Gasteiger partial charge in [-0.25, -0.2) is 4.39 Å². The molecule has 3 unspecified atom stereocenters. The highest BCUT2D eigenvalue weighted by Crippen LogP contribution is 2.40. The van der Waals surface area contributed by atoms with Crippen LogP contribution in [0.3, 0.4) is 0 Å². The number of carbonyl (C=O) groups excluding carboxylic acids is 1. The lowest BCUT2D eigenvalue weighted by molar-refractivity contribution is -0.137. The second-order valence-electron chi connectivity index (χ2n) is 13.4. The fourth-order valence-corrected chi connectivity index (χ4v) is 8.01. The fraction of sp³-hybridized carbons (Fsp3) is 0.472. The van der Waals surface area contributed by atoms with Gasteiger partial charge < -0.3 is 29.3 Å². The maximum atomic E-state index is 16.8. The molecule has 3 atom stereocenters. The number of likely N-dealkylation sites (tertiary alicyclic amines) is 1. The molecule has 246 valence electrons. The second kappa shape index (κ2) is 12.5. The minimum atomic E-state index is -0.470. The third-order valence-corrected chi connectivity index (χ3v) is 10.6. The molecular weight excluding hydrogens is 599 g/mol. The van der Waals surface area contributed by atoms with Gasteiger partial charge in [-0.2, -0.15) is 9.97 Å². The number of likely N-dealkylation sites (N-methyl/N-ethyl adjacent to an activating group) is 1.